The molecule has 1 aliphatic rings. The van der Waals surface area contributed by atoms with Gasteiger partial charge in [-0.25, -0.2) is 9.97 Å². The van der Waals surface area contributed by atoms with E-state index in [1.807, 2.05) is 0 Å². The minimum absolute atomic E-state index is 0.0185. The van der Waals surface area contributed by atoms with Gasteiger partial charge in [0, 0.05) is 18.0 Å². The SMILES string of the molecule is Nc1c(C=C2COC2)c(C(F)(F)F)nn1-c1ncccn1. The second-order valence-corrected chi connectivity index (χ2v) is 4.40. The largest absolute Gasteiger partial charge is 0.435 e. The Labute approximate surface area is 117 Å². The molecule has 1 fully saturated rings. The number of rotatable bonds is 2. The van der Waals surface area contributed by atoms with Crippen LogP contribution in [0.2, 0.25) is 0 Å². The van der Waals surface area contributed by atoms with Crippen LogP contribution in [0.15, 0.2) is 24.0 Å². The van der Waals surface area contributed by atoms with Gasteiger partial charge in [-0.05, 0) is 17.7 Å². The van der Waals surface area contributed by atoms with E-state index < -0.39 is 11.9 Å². The Balaban J connectivity index is 2.15. The molecule has 0 unspecified atom stereocenters. The van der Waals surface area contributed by atoms with Gasteiger partial charge < -0.3 is 10.5 Å². The summed E-state index contributed by atoms with van der Waals surface area (Å²) in [5.74, 6) is -0.178. The molecule has 3 heterocycles. The van der Waals surface area contributed by atoms with Gasteiger partial charge in [-0.15, -0.1) is 0 Å². The number of nitrogen functional groups attached to an aromatic ring is 1. The highest BCUT2D eigenvalue weighted by Gasteiger charge is 2.39. The maximum atomic E-state index is 13.1. The van der Waals surface area contributed by atoms with Crippen LogP contribution in [0.3, 0.4) is 0 Å². The van der Waals surface area contributed by atoms with Crippen LogP contribution in [0.1, 0.15) is 11.3 Å². The van der Waals surface area contributed by atoms with E-state index in [0.717, 1.165) is 10.3 Å². The van der Waals surface area contributed by atoms with E-state index in [4.69, 9.17) is 10.5 Å². The molecule has 2 aromatic rings. The van der Waals surface area contributed by atoms with E-state index in [1.165, 1.54) is 18.5 Å². The Bertz CT molecular complexity index is 687. The minimum Gasteiger partial charge on any atom is -0.383 e. The highest BCUT2D eigenvalue weighted by Crippen LogP contribution is 2.36. The van der Waals surface area contributed by atoms with Gasteiger partial charge >= 0.3 is 6.18 Å². The molecule has 0 aliphatic carbocycles. The van der Waals surface area contributed by atoms with E-state index in [-0.39, 0.29) is 17.3 Å². The van der Waals surface area contributed by atoms with Crippen molar-refractivity contribution in [3.63, 3.8) is 0 Å². The predicted molar refractivity (Wildman–Crippen MR) is 67.4 cm³/mol. The number of nitrogens with two attached hydrogens (primary N) is 1. The topological polar surface area (TPSA) is 78.9 Å². The fraction of sp³-hybridized carbons (Fsp3) is 0.250. The highest BCUT2D eigenvalue weighted by atomic mass is 19.4. The molecule has 110 valence electrons. The van der Waals surface area contributed by atoms with E-state index in [2.05, 4.69) is 15.1 Å². The van der Waals surface area contributed by atoms with Gasteiger partial charge in [-0.1, -0.05) is 0 Å². The van der Waals surface area contributed by atoms with Crippen LogP contribution in [-0.2, 0) is 10.9 Å². The summed E-state index contributed by atoms with van der Waals surface area (Å²) in [7, 11) is 0. The standard InChI is InChI=1S/C12H10F3N5O/c13-12(14,15)9-8(4-7-5-21-6-7)10(16)20(19-9)11-17-2-1-3-18-11/h1-4H,5-6,16H2. The number of ether oxygens (including phenoxy) is 1. The molecule has 2 aromatic heterocycles. The molecule has 1 aliphatic heterocycles. The summed E-state index contributed by atoms with van der Waals surface area (Å²) in [6.07, 6.45) is -0.470. The lowest BCUT2D eigenvalue weighted by Gasteiger charge is -2.17. The summed E-state index contributed by atoms with van der Waals surface area (Å²) in [6.45, 7) is 0.591. The van der Waals surface area contributed by atoms with Gasteiger partial charge in [0.2, 0.25) is 0 Å². The van der Waals surface area contributed by atoms with Crippen molar-refractivity contribution >= 4 is 11.9 Å². The van der Waals surface area contributed by atoms with Crippen molar-refractivity contribution in [3.8, 4) is 5.95 Å². The third-order valence-electron chi connectivity index (χ3n) is 2.89. The molecule has 0 atom stereocenters. The molecule has 9 heteroatoms. The number of aromatic nitrogens is 4. The van der Waals surface area contributed by atoms with Crippen molar-refractivity contribution in [2.75, 3.05) is 18.9 Å². The lowest BCUT2D eigenvalue weighted by Crippen LogP contribution is -2.16. The minimum atomic E-state index is -4.62. The van der Waals surface area contributed by atoms with Crippen LogP contribution in [0.25, 0.3) is 12.0 Å². The number of halogens is 3. The normalized spacial score (nSPS) is 14.9. The zero-order chi connectivity index (χ0) is 15.0. The third-order valence-corrected chi connectivity index (χ3v) is 2.89. The number of hydrogen-bond donors (Lipinski definition) is 1. The number of anilines is 1. The van der Waals surface area contributed by atoms with Crippen molar-refractivity contribution in [2.45, 2.75) is 6.18 Å². The van der Waals surface area contributed by atoms with Crippen molar-refractivity contribution in [1.82, 2.24) is 19.7 Å². The summed E-state index contributed by atoms with van der Waals surface area (Å²) in [5, 5.41) is 3.52. The molecule has 0 bridgehead atoms. The highest BCUT2D eigenvalue weighted by molar-refractivity contribution is 5.68. The first-order valence-electron chi connectivity index (χ1n) is 5.97. The summed E-state index contributed by atoms with van der Waals surface area (Å²) in [5.41, 5.74) is 5.27. The van der Waals surface area contributed by atoms with Crippen molar-refractivity contribution in [3.05, 3.63) is 35.3 Å². The Morgan fingerprint density at radius 3 is 2.43 bits per heavy atom. The van der Waals surface area contributed by atoms with Gasteiger partial charge in [-0.3, -0.25) is 0 Å². The number of alkyl halides is 3. The summed E-state index contributed by atoms with van der Waals surface area (Å²) >= 11 is 0. The Kier molecular flexibility index (Phi) is 3.13. The smallest absolute Gasteiger partial charge is 0.383 e. The lowest BCUT2D eigenvalue weighted by atomic mass is 10.1. The number of hydrogen-bond acceptors (Lipinski definition) is 5. The average molecular weight is 297 g/mol. The molecule has 1 saturated heterocycles. The third kappa shape index (κ3) is 2.47. The summed E-state index contributed by atoms with van der Waals surface area (Å²) in [4.78, 5) is 7.71. The van der Waals surface area contributed by atoms with Crippen LogP contribution in [0.5, 0.6) is 0 Å². The fourth-order valence-corrected chi connectivity index (χ4v) is 1.86. The molecule has 6 nitrogen and oxygen atoms in total. The maximum absolute atomic E-state index is 13.1. The second-order valence-electron chi connectivity index (χ2n) is 4.40. The van der Waals surface area contributed by atoms with Crippen molar-refractivity contribution in [2.24, 2.45) is 0 Å². The Morgan fingerprint density at radius 1 is 1.24 bits per heavy atom. The first kappa shape index (κ1) is 13.6. The molecular weight excluding hydrogens is 287 g/mol. The van der Waals surface area contributed by atoms with E-state index in [9.17, 15) is 13.2 Å². The van der Waals surface area contributed by atoms with Gasteiger partial charge in [0.1, 0.15) is 5.82 Å². The zero-order valence-corrected chi connectivity index (χ0v) is 10.6. The summed E-state index contributed by atoms with van der Waals surface area (Å²) in [6, 6.07) is 1.54. The van der Waals surface area contributed by atoms with Crippen molar-refractivity contribution < 1.29 is 17.9 Å². The monoisotopic (exact) mass is 297 g/mol. The molecule has 0 amide bonds. The molecule has 2 N–H and O–H groups in total. The lowest BCUT2D eigenvalue weighted by molar-refractivity contribution is -0.141. The Hall–Kier alpha value is -2.42. The van der Waals surface area contributed by atoms with Crippen LogP contribution >= 0.6 is 0 Å². The molecular formula is C12H10F3N5O. The summed E-state index contributed by atoms with van der Waals surface area (Å²) < 4.78 is 45.1. The molecule has 21 heavy (non-hydrogen) atoms. The molecule has 0 saturated carbocycles. The van der Waals surface area contributed by atoms with Crippen LogP contribution < -0.4 is 5.73 Å². The molecule has 3 rings (SSSR count). The number of nitrogens with zero attached hydrogens (tertiary/aromatic N) is 4. The van der Waals surface area contributed by atoms with Crippen molar-refractivity contribution in [1.29, 1.82) is 0 Å². The average Bonchev–Trinajstić information content (AvgIpc) is 2.72. The second kappa shape index (κ2) is 4.85. The van der Waals surface area contributed by atoms with Gasteiger partial charge in [0.25, 0.3) is 5.95 Å². The van der Waals surface area contributed by atoms with Crippen LogP contribution in [-0.4, -0.2) is 33.0 Å². The van der Waals surface area contributed by atoms with Gasteiger partial charge in [-0.2, -0.15) is 23.0 Å². The maximum Gasteiger partial charge on any atom is 0.435 e. The van der Waals surface area contributed by atoms with Crippen LogP contribution in [0.4, 0.5) is 19.0 Å². The fourth-order valence-electron chi connectivity index (χ4n) is 1.86. The van der Waals surface area contributed by atoms with Gasteiger partial charge in [0.15, 0.2) is 5.69 Å². The molecule has 0 aromatic carbocycles. The predicted octanol–water partition coefficient (Wildman–Crippen LogP) is 1.68. The quantitative estimate of drug-likeness (QED) is 0.912. The first-order valence-corrected chi connectivity index (χ1v) is 5.97. The first-order chi connectivity index (χ1) is 9.97. The molecule has 0 radical (unpaired) electrons. The van der Waals surface area contributed by atoms with E-state index >= 15 is 0 Å². The van der Waals surface area contributed by atoms with Crippen LogP contribution in [0, 0.1) is 0 Å². The zero-order valence-electron chi connectivity index (χ0n) is 10.6. The van der Waals surface area contributed by atoms with E-state index in [0.29, 0.717) is 13.2 Å². The Morgan fingerprint density at radius 2 is 1.90 bits per heavy atom. The molecule has 0 spiro atoms. The van der Waals surface area contributed by atoms with E-state index in [1.54, 1.807) is 6.07 Å². The van der Waals surface area contributed by atoms with Gasteiger partial charge in [0.05, 0.1) is 13.2 Å².